The van der Waals surface area contributed by atoms with Gasteiger partial charge in [-0.25, -0.2) is 9.59 Å². The molecule has 0 aromatic heterocycles. The van der Waals surface area contributed by atoms with Crippen LogP contribution in [0.5, 0.6) is 0 Å². The molecule has 2 aliphatic rings. The van der Waals surface area contributed by atoms with E-state index >= 15 is 0 Å². The first-order valence-electron chi connectivity index (χ1n) is 13.4. The van der Waals surface area contributed by atoms with Crippen LogP contribution in [-0.4, -0.2) is 58.4 Å². The SMILES string of the molecule is O=C(O)c1ccc(C(=O)O)c2c(C(=O)NC3CCC(C(F)(F)F)CC3)ccc(C(=O)NC3CCC(C(F)(F)F)CC3)c12. The monoisotopic (exact) mass is 602 g/mol. The topological polar surface area (TPSA) is 133 Å². The van der Waals surface area contributed by atoms with Gasteiger partial charge in [0.15, 0.2) is 0 Å². The molecule has 2 fully saturated rings. The van der Waals surface area contributed by atoms with E-state index in [1.807, 2.05) is 0 Å². The normalized spacial score (nSPS) is 23.3. The summed E-state index contributed by atoms with van der Waals surface area (Å²) in [6.07, 6.45) is -9.44. The summed E-state index contributed by atoms with van der Waals surface area (Å²) in [5.74, 6) is -7.75. The van der Waals surface area contributed by atoms with Crippen LogP contribution in [0.15, 0.2) is 24.3 Å². The number of aromatic carboxylic acids is 2. The summed E-state index contributed by atoms with van der Waals surface area (Å²) in [6, 6.07) is 2.92. The van der Waals surface area contributed by atoms with E-state index in [4.69, 9.17) is 0 Å². The molecule has 8 nitrogen and oxygen atoms in total. The molecule has 2 aliphatic carbocycles. The first kappa shape index (κ1) is 31.1. The molecule has 0 unspecified atom stereocenters. The van der Waals surface area contributed by atoms with E-state index in [-0.39, 0.29) is 73.3 Å². The number of carboxylic acid groups (broad SMARTS) is 2. The van der Waals surface area contributed by atoms with Gasteiger partial charge in [-0.15, -0.1) is 0 Å². The zero-order valence-electron chi connectivity index (χ0n) is 22.1. The van der Waals surface area contributed by atoms with Crippen LogP contribution in [0.1, 0.15) is 92.8 Å². The van der Waals surface area contributed by atoms with Crippen LogP contribution in [0.25, 0.3) is 10.8 Å². The summed E-state index contributed by atoms with van der Waals surface area (Å²) in [4.78, 5) is 50.9. The predicted molar refractivity (Wildman–Crippen MR) is 136 cm³/mol. The van der Waals surface area contributed by atoms with Gasteiger partial charge >= 0.3 is 24.3 Å². The average Bonchev–Trinajstić information content (AvgIpc) is 2.91. The molecule has 0 bridgehead atoms. The zero-order chi connectivity index (χ0) is 31.0. The van der Waals surface area contributed by atoms with E-state index in [0.29, 0.717) is 0 Å². The quantitative estimate of drug-likeness (QED) is 0.303. The highest BCUT2D eigenvalue weighted by Gasteiger charge is 2.43. The summed E-state index contributed by atoms with van der Waals surface area (Å²) in [6.45, 7) is 0. The number of halogens is 6. The van der Waals surface area contributed by atoms with Crippen molar-refractivity contribution in [2.24, 2.45) is 11.8 Å². The fourth-order valence-corrected chi connectivity index (χ4v) is 5.89. The smallest absolute Gasteiger partial charge is 0.391 e. The fourth-order valence-electron chi connectivity index (χ4n) is 5.89. The number of rotatable bonds is 6. The molecule has 2 aromatic carbocycles. The van der Waals surface area contributed by atoms with Crippen LogP contribution in [0.4, 0.5) is 26.3 Å². The van der Waals surface area contributed by atoms with Crippen molar-refractivity contribution in [3.8, 4) is 0 Å². The number of carbonyl (C=O) groups excluding carboxylic acids is 2. The largest absolute Gasteiger partial charge is 0.478 e. The summed E-state index contributed by atoms with van der Waals surface area (Å²) >= 11 is 0. The Morgan fingerprint density at radius 3 is 1.10 bits per heavy atom. The number of carboxylic acids is 2. The van der Waals surface area contributed by atoms with E-state index in [0.717, 1.165) is 24.3 Å². The van der Waals surface area contributed by atoms with Crippen molar-refractivity contribution in [2.75, 3.05) is 0 Å². The van der Waals surface area contributed by atoms with Gasteiger partial charge in [0.2, 0.25) is 0 Å². The molecule has 2 aromatic rings. The number of hydrogen-bond acceptors (Lipinski definition) is 4. The third kappa shape index (κ3) is 6.62. The number of carbonyl (C=O) groups is 4. The van der Waals surface area contributed by atoms with E-state index in [9.17, 15) is 55.7 Å². The van der Waals surface area contributed by atoms with Crippen LogP contribution >= 0.6 is 0 Å². The number of fused-ring (bicyclic) bond motifs is 1. The number of hydrogen-bond donors (Lipinski definition) is 4. The molecule has 2 saturated carbocycles. The van der Waals surface area contributed by atoms with Gasteiger partial charge in [0, 0.05) is 34.0 Å². The Bertz CT molecular complexity index is 1290. The van der Waals surface area contributed by atoms with Crippen LogP contribution in [0.2, 0.25) is 0 Å². The van der Waals surface area contributed by atoms with Crippen molar-refractivity contribution < 1.29 is 55.7 Å². The van der Waals surface area contributed by atoms with Crippen LogP contribution < -0.4 is 10.6 Å². The molecule has 42 heavy (non-hydrogen) atoms. The number of amides is 2. The van der Waals surface area contributed by atoms with E-state index in [1.165, 1.54) is 0 Å². The Labute approximate surface area is 235 Å². The lowest BCUT2D eigenvalue weighted by Gasteiger charge is -2.30. The molecule has 2 amide bonds. The molecule has 4 N–H and O–H groups in total. The van der Waals surface area contributed by atoms with Gasteiger partial charge in [-0.05, 0) is 75.6 Å². The molecular weight excluding hydrogens is 574 g/mol. The number of nitrogens with one attached hydrogen (secondary N) is 2. The molecular formula is C28H28F6N2O6. The predicted octanol–water partition coefficient (Wildman–Crippen LogP) is 5.94. The van der Waals surface area contributed by atoms with Gasteiger partial charge in [-0.1, -0.05) is 0 Å². The van der Waals surface area contributed by atoms with Crippen molar-refractivity contribution in [3.63, 3.8) is 0 Å². The minimum absolute atomic E-state index is 0.0249. The van der Waals surface area contributed by atoms with Gasteiger partial charge in [0.1, 0.15) is 0 Å². The maximum atomic E-state index is 13.3. The molecule has 0 spiro atoms. The lowest BCUT2D eigenvalue weighted by Crippen LogP contribution is -2.40. The Hall–Kier alpha value is -3.84. The first-order valence-corrected chi connectivity index (χ1v) is 13.4. The Balaban J connectivity index is 1.67. The van der Waals surface area contributed by atoms with Crippen LogP contribution in [-0.2, 0) is 0 Å². The summed E-state index contributed by atoms with van der Waals surface area (Å²) in [7, 11) is 0. The summed E-state index contributed by atoms with van der Waals surface area (Å²) in [5, 5.41) is 24.2. The molecule has 0 radical (unpaired) electrons. The second-order valence-electron chi connectivity index (χ2n) is 10.8. The van der Waals surface area contributed by atoms with E-state index in [1.54, 1.807) is 0 Å². The number of benzene rings is 2. The minimum Gasteiger partial charge on any atom is -0.478 e. The van der Waals surface area contributed by atoms with Gasteiger partial charge in [-0.3, -0.25) is 9.59 Å². The third-order valence-corrected chi connectivity index (χ3v) is 8.16. The lowest BCUT2D eigenvalue weighted by atomic mass is 9.85. The van der Waals surface area contributed by atoms with Gasteiger partial charge < -0.3 is 20.8 Å². The summed E-state index contributed by atoms with van der Waals surface area (Å²) in [5.41, 5.74) is -1.54. The van der Waals surface area contributed by atoms with Gasteiger partial charge in [0.25, 0.3) is 11.8 Å². The fraction of sp³-hybridized carbons (Fsp3) is 0.500. The minimum atomic E-state index is -4.36. The molecule has 4 rings (SSSR count). The molecule has 0 atom stereocenters. The van der Waals surface area contributed by atoms with Crippen molar-refractivity contribution >= 4 is 34.5 Å². The maximum Gasteiger partial charge on any atom is 0.391 e. The van der Waals surface area contributed by atoms with Crippen molar-refractivity contribution in [2.45, 2.75) is 75.8 Å². The highest BCUT2D eigenvalue weighted by molar-refractivity contribution is 6.23. The maximum absolute atomic E-state index is 13.3. The standard InChI is InChI=1S/C28H28F6N2O6/c29-27(30,31)13-1-5-15(6-2-13)35-23(37)17-9-10-18(22-20(26(41)42)12-11-19(21(17)22)25(39)40)24(38)36-16-7-3-14(4-8-16)28(32,33)34/h9-16H,1-8H2,(H,35,37)(H,36,38)(H,39,40)(H,41,42). The third-order valence-electron chi connectivity index (χ3n) is 8.16. The highest BCUT2D eigenvalue weighted by Crippen LogP contribution is 2.39. The molecule has 0 aliphatic heterocycles. The second-order valence-corrected chi connectivity index (χ2v) is 10.8. The van der Waals surface area contributed by atoms with E-state index in [2.05, 4.69) is 10.6 Å². The van der Waals surface area contributed by atoms with Crippen LogP contribution in [0.3, 0.4) is 0 Å². The Morgan fingerprint density at radius 2 is 0.833 bits per heavy atom. The van der Waals surface area contributed by atoms with Crippen molar-refractivity contribution in [1.29, 1.82) is 0 Å². The molecule has 14 heteroatoms. The Kier molecular flexibility index (Phi) is 8.74. The zero-order valence-corrected chi connectivity index (χ0v) is 22.1. The summed E-state index contributed by atoms with van der Waals surface area (Å²) < 4.78 is 78.2. The van der Waals surface area contributed by atoms with E-state index < -0.39 is 71.2 Å². The molecule has 0 saturated heterocycles. The highest BCUT2D eigenvalue weighted by atomic mass is 19.4. The van der Waals surface area contributed by atoms with Gasteiger partial charge in [0.05, 0.1) is 23.0 Å². The first-order chi connectivity index (χ1) is 19.6. The van der Waals surface area contributed by atoms with Crippen molar-refractivity contribution in [1.82, 2.24) is 10.6 Å². The van der Waals surface area contributed by atoms with Gasteiger partial charge in [-0.2, -0.15) is 26.3 Å². The van der Waals surface area contributed by atoms with Crippen molar-refractivity contribution in [3.05, 3.63) is 46.5 Å². The Morgan fingerprint density at radius 1 is 0.548 bits per heavy atom. The van der Waals surface area contributed by atoms with Crippen LogP contribution in [0, 0.1) is 11.8 Å². The average molecular weight is 603 g/mol. The lowest BCUT2D eigenvalue weighted by molar-refractivity contribution is -0.183. The number of alkyl halides is 6. The molecule has 228 valence electrons. The molecule has 0 heterocycles. The second kappa shape index (κ2) is 11.8.